The van der Waals surface area contributed by atoms with Gasteiger partial charge in [-0.1, -0.05) is 57.7 Å². The maximum atomic E-state index is 12.9. The molecule has 0 fully saturated rings. The summed E-state index contributed by atoms with van der Waals surface area (Å²) in [7, 11) is 0. The fourth-order valence-electron chi connectivity index (χ4n) is 3.24. The molecule has 1 atom stereocenters. The largest absolute Gasteiger partial charge is 0.325 e. The third-order valence-corrected chi connectivity index (χ3v) is 6.80. The molecule has 1 aliphatic heterocycles. The highest BCUT2D eigenvalue weighted by Crippen LogP contribution is 2.33. The van der Waals surface area contributed by atoms with E-state index in [4.69, 9.17) is 0 Å². The van der Waals surface area contributed by atoms with Crippen LogP contribution < -0.4 is 10.9 Å². The zero-order valence-corrected chi connectivity index (χ0v) is 18.6. The van der Waals surface area contributed by atoms with Crippen molar-refractivity contribution in [3.63, 3.8) is 0 Å². The summed E-state index contributed by atoms with van der Waals surface area (Å²) in [6.45, 7) is 10.4. The molecule has 2 N–H and O–H groups in total. The van der Waals surface area contributed by atoms with E-state index in [9.17, 15) is 9.59 Å². The maximum Gasteiger partial charge on any atom is 0.255 e. The summed E-state index contributed by atoms with van der Waals surface area (Å²) in [5.41, 5.74) is 4.71. The number of H-pyrrole nitrogens is 1. The number of aromatic amines is 1. The van der Waals surface area contributed by atoms with E-state index in [1.54, 1.807) is 11.8 Å². The molecule has 0 bridgehead atoms. The second kappa shape index (κ2) is 8.74. The van der Waals surface area contributed by atoms with Gasteiger partial charge in [-0.05, 0) is 29.9 Å². The minimum Gasteiger partial charge on any atom is -0.325 e. The summed E-state index contributed by atoms with van der Waals surface area (Å²) < 4.78 is 0. The number of amides is 1. The van der Waals surface area contributed by atoms with Gasteiger partial charge in [0.25, 0.3) is 5.56 Å². The van der Waals surface area contributed by atoms with E-state index in [2.05, 4.69) is 61.2 Å². The van der Waals surface area contributed by atoms with Gasteiger partial charge in [0.1, 0.15) is 0 Å². The highest BCUT2D eigenvalue weighted by Gasteiger charge is 2.23. The Morgan fingerprint density at radius 2 is 1.79 bits per heavy atom. The quantitative estimate of drug-likeness (QED) is 0.517. The van der Waals surface area contributed by atoms with Gasteiger partial charge in [0.15, 0.2) is 5.16 Å². The molecule has 150 valence electrons. The molecule has 1 unspecified atom stereocenters. The Hall–Kier alpha value is -1.73. The lowest BCUT2D eigenvalue weighted by Gasteiger charge is -2.21. The number of thioether (sulfide) groups is 2. The van der Waals surface area contributed by atoms with Crippen LogP contribution in [0.4, 0.5) is 5.69 Å². The predicted octanol–water partition coefficient (Wildman–Crippen LogP) is 4.88. The Kier molecular flexibility index (Phi) is 6.55. The van der Waals surface area contributed by atoms with Crippen LogP contribution in [0.3, 0.4) is 0 Å². The van der Waals surface area contributed by atoms with Crippen molar-refractivity contribution in [1.82, 2.24) is 9.97 Å². The molecule has 0 aliphatic carbocycles. The molecule has 1 aliphatic rings. The molecule has 2 aromatic rings. The number of hydrogen-bond donors (Lipinski definition) is 2. The number of hydrogen-bond acceptors (Lipinski definition) is 5. The first-order valence-corrected chi connectivity index (χ1v) is 11.6. The Bertz CT molecular complexity index is 911. The number of para-hydroxylation sites is 1. The number of aromatic nitrogens is 2. The number of nitrogens with one attached hydrogen (secondary N) is 2. The number of carbonyl (C=O) groups is 1. The molecule has 2 heterocycles. The maximum absolute atomic E-state index is 12.9. The van der Waals surface area contributed by atoms with Gasteiger partial charge in [-0.15, -0.1) is 0 Å². The van der Waals surface area contributed by atoms with Gasteiger partial charge in [0, 0.05) is 22.8 Å². The number of benzene rings is 1. The molecule has 0 saturated heterocycles. The Labute approximate surface area is 174 Å². The minimum absolute atomic E-state index is 0.0856. The number of rotatable bonds is 6. The van der Waals surface area contributed by atoms with Crippen LogP contribution in [0.1, 0.15) is 68.8 Å². The molecular formula is C21H27N3O2S2. The zero-order valence-electron chi connectivity index (χ0n) is 17.0. The van der Waals surface area contributed by atoms with Crippen LogP contribution in [0.15, 0.2) is 28.2 Å². The SMILES string of the molecule is CC(Sc1nc2c(c(=O)[nH]1)CSC2)C(=O)Nc1c(C(C)C)cccc1C(C)C. The lowest BCUT2D eigenvalue weighted by atomic mass is 9.92. The van der Waals surface area contributed by atoms with Gasteiger partial charge in [-0.2, -0.15) is 11.8 Å². The lowest BCUT2D eigenvalue weighted by Crippen LogP contribution is -2.25. The summed E-state index contributed by atoms with van der Waals surface area (Å²) in [4.78, 5) is 32.5. The van der Waals surface area contributed by atoms with Crippen molar-refractivity contribution in [2.24, 2.45) is 0 Å². The van der Waals surface area contributed by atoms with Crippen molar-refractivity contribution >= 4 is 35.1 Å². The van der Waals surface area contributed by atoms with Crippen molar-refractivity contribution in [2.75, 3.05) is 5.32 Å². The molecule has 3 rings (SSSR count). The fraction of sp³-hybridized carbons (Fsp3) is 0.476. The van der Waals surface area contributed by atoms with Crippen LogP contribution in [-0.4, -0.2) is 21.1 Å². The number of anilines is 1. The summed E-state index contributed by atoms with van der Waals surface area (Å²) in [5.74, 6) is 2.00. The van der Waals surface area contributed by atoms with Crippen molar-refractivity contribution in [1.29, 1.82) is 0 Å². The first-order valence-electron chi connectivity index (χ1n) is 9.58. The molecule has 0 radical (unpaired) electrons. The Morgan fingerprint density at radius 3 is 2.39 bits per heavy atom. The monoisotopic (exact) mass is 417 g/mol. The second-order valence-corrected chi connectivity index (χ2v) is 9.97. The summed E-state index contributed by atoms with van der Waals surface area (Å²) in [6, 6.07) is 6.19. The van der Waals surface area contributed by atoms with E-state index in [1.165, 1.54) is 11.8 Å². The number of carbonyl (C=O) groups excluding carboxylic acids is 1. The predicted molar refractivity (Wildman–Crippen MR) is 118 cm³/mol. The van der Waals surface area contributed by atoms with Crippen LogP contribution in [-0.2, 0) is 16.3 Å². The highest BCUT2D eigenvalue weighted by atomic mass is 32.2. The summed E-state index contributed by atoms with van der Waals surface area (Å²) in [5, 5.41) is 3.28. The second-order valence-electron chi connectivity index (χ2n) is 7.66. The topological polar surface area (TPSA) is 74.8 Å². The average Bonchev–Trinajstić information content (AvgIpc) is 3.10. The smallest absolute Gasteiger partial charge is 0.255 e. The minimum atomic E-state index is -0.379. The zero-order chi connectivity index (χ0) is 20.4. The Morgan fingerprint density at radius 1 is 1.14 bits per heavy atom. The van der Waals surface area contributed by atoms with Gasteiger partial charge in [-0.3, -0.25) is 9.59 Å². The summed E-state index contributed by atoms with van der Waals surface area (Å²) in [6.07, 6.45) is 0. The van der Waals surface area contributed by atoms with Crippen LogP contribution in [0, 0.1) is 0 Å². The fourth-order valence-corrected chi connectivity index (χ4v) is 5.09. The van der Waals surface area contributed by atoms with Crippen LogP contribution in [0.25, 0.3) is 0 Å². The molecule has 1 amide bonds. The van der Waals surface area contributed by atoms with E-state index in [1.807, 2.05) is 6.92 Å². The average molecular weight is 418 g/mol. The Balaban J connectivity index is 1.80. The third kappa shape index (κ3) is 4.46. The molecule has 7 heteroatoms. The van der Waals surface area contributed by atoms with E-state index in [0.29, 0.717) is 22.7 Å². The van der Waals surface area contributed by atoms with Crippen molar-refractivity contribution in [3.8, 4) is 0 Å². The number of nitrogens with zero attached hydrogens (tertiary/aromatic N) is 1. The van der Waals surface area contributed by atoms with E-state index >= 15 is 0 Å². The molecular weight excluding hydrogens is 390 g/mol. The number of fused-ring (bicyclic) bond motifs is 1. The lowest BCUT2D eigenvalue weighted by molar-refractivity contribution is -0.115. The van der Waals surface area contributed by atoms with Crippen molar-refractivity contribution in [2.45, 2.75) is 68.4 Å². The van der Waals surface area contributed by atoms with E-state index < -0.39 is 0 Å². The molecule has 5 nitrogen and oxygen atoms in total. The first-order chi connectivity index (χ1) is 13.3. The van der Waals surface area contributed by atoms with Gasteiger partial charge >= 0.3 is 0 Å². The normalized spacial score (nSPS) is 14.4. The van der Waals surface area contributed by atoms with Gasteiger partial charge in [0.05, 0.1) is 10.9 Å². The van der Waals surface area contributed by atoms with Gasteiger partial charge < -0.3 is 10.3 Å². The van der Waals surface area contributed by atoms with E-state index in [0.717, 1.165) is 33.8 Å². The van der Waals surface area contributed by atoms with E-state index in [-0.39, 0.29) is 16.7 Å². The molecule has 28 heavy (non-hydrogen) atoms. The van der Waals surface area contributed by atoms with Crippen LogP contribution in [0.5, 0.6) is 0 Å². The van der Waals surface area contributed by atoms with Gasteiger partial charge in [0.2, 0.25) is 5.91 Å². The van der Waals surface area contributed by atoms with Crippen LogP contribution in [0.2, 0.25) is 0 Å². The van der Waals surface area contributed by atoms with Gasteiger partial charge in [-0.25, -0.2) is 4.98 Å². The first kappa shape index (κ1) is 21.0. The van der Waals surface area contributed by atoms with Crippen molar-refractivity contribution in [3.05, 3.63) is 50.9 Å². The molecule has 1 aromatic carbocycles. The van der Waals surface area contributed by atoms with Crippen molar-refractivity contribution < 1.29 is 4.79 Å². The summed E-state index contributed by atoms with van der Waals surface area (Å²) >= 11 is 2.98. The molecule has 1 aromatic heterocycles. The standard InChI is InChI=1S/C21H27N3O2S2/c1-11(2)14-7-6-8-15(12(3)4)18(14)23-19(25)13(5)28-21-22-17-10-27-9-16(17)20(26)24-21/h6-8,11-13H,9-10H2,1-5H3,(H,23,25)(H,22,24,26). The molecule has 0 saturated carbocycles. The van der Waals surface area contributed by atoms with Crippen LogP contribution >= 0.6 is 23.5 Å². The molecule has 0 spiro atoms. The third-order valence-electron chi connectivity index (χ3n) is 4.84. The highest BCUT2D eigenvalue weighted by molar-refractivity contribution is 8.00.